The summed E-state index contributed by atoms with van der Waals surface area (Å²) in [6, 6.07) is 0. The maximum Gasteiger partial charge on any atom is 0.0868 e. The van der Waals surface area contributed by atoms with Gasteiger partial charge in [-0.2, -0.15) is 15.4 Å². The summed E-state index contributed by atoms with van der Waals surface area (Å²) in [4.78, 5) is 0. The van der Waals surface area contributed by atoms with Gasteiger partial charge >= 0.3 is 0 Å². The molecule has 1 aromatic heterocycles. The van der Waals surface area contributed by atoms with Gasteiger partial charge in [-0.25, -0.2) is 0 Å². The van der Waals surface area contributed by atoms with Gasteiger partial charge in [-0.15, -0.1) is 0 Å². The van der Waals surface area contributed by atoms with Crippen LogP contribution in [0, 0.1) is 0 Å². The minimum Gasteiger partial charge on any atom is -0.316 e. The summed E-state index contributed by atoms with van der Waals surface area (Å²) in [5.41, 5.74) is 1.09. The summed E-state index contributed by atoms with van der Waals surface area (Å²) < 4.78 is 0. The van der Waals surface area contributed by atoms with E-state index in [2.05, 4.69) is 20.7 Å². The van der Waals surface area contributed by atoms with Crippen LogP contribution in [-0.2, 0) is 0 Å². The highest BCUT2D eigenvalue weighted by Crippen LogP contribution is 2.19. The Bertz CT molecular complexity index is 200. The first-order valence-electron chi connectivity index (χ1n) is 4.03. The predicted molar refractivity (Wildman–Crippen MR) is 41.2 cm³/mol. The molecule has 2 heterocycles. The van der Waals surface area contributed by atoms with Gasteiger partial charge < -0.3 is 5.32 Å². The molecule has 0 amide bonds. The molecule has 1 atom stereocenters. The molecule has 1 fully saturated rings. The Morgan fingerprint density at radius 1 is 1.55 bits per heavy atom. The highest BCUT2D eigenvalue weighted by molar-refractivity contribution is 5.02. The summed E-state index contributed by atoms with van der Waals surface area (Å²) in [5, 5.41) is 13.8. The van der Waals surface area contributed by atoms with Gasteiger partial charge in [0, 0.05) is 12.5 Å². The first-order chi connectivity index (χ1) is 5.47. The zero-order valence-corrected chi connectivity index (χ0v) is 6.38. The van der Waals surface area contributed by atoms with E-state index in [1.165, 1.54) is 12.8 Å². The van der Waals surface area contributed by atoms with Crippen LogP contribution in [0.25, 0.3) is 0 Å². The van der Waals surface area contributed by atoms with E-state index in [1.807, 2.05) is 6.20 Å². The molecular formula is C7H12N4. The molecule has 4 nitrogen and oxygen atoms in total. The van der Waals surface area contributed by atoms with Gasteiger partial charge in [-0.1, -0.05) is 0 Å². The molecule has 1 unspecified atom stereocenters. The average molecular weight is 152 g/mol. The van der Waals surface area contributed by atoms with Gasteiger partial charge in [0.05, 0.1) is 11.9 Å². The van der Waals surface area contributed by atoms with Crippen molar-refractivity contribution in [1.29, 1.82) is 0 Å². The third-order valence-electron chi connectivity index (χ3n) is 2.15. The van der Waals surface area contributed by atoms with Crippen LogP contribution in [-0.4, -0.2) is 28.5 Å². The maximum absolute atomic E-state index is 4.06. The van der Waals surface area contributed by atoms with Crippen molar-refractivity contribution in [2.75, 3.05) is 13.1 Å². The third kappa shape index (κ3) is 1.40. The fourth-order valence-electron chi connectivity index (χ4n) is 1.51. The molecule has 0 aliphatic carbocycles. The third-order valence-corrected chi connectivity index (χ3v) is 2.15. The minimum absolute atomic E-state index is 0.572. The van der Waals surface area contributed by atoms with Crippen molar-refractivity contribution < 1.29 is 0 Å². The summed E-state index contributed by atoms with van der Waals surface area (Å²) >= 11 is 0. The van der Waals surface area contributed by atoms with Gasteiger partial charge in [0.2, 0.25) is 0 Å². The number of rotatable bonds is 1. The largest absolute Gasteiger partial charge is 0.316 e. The maximum atomic E-state index is 4.06. The second-order valence-electron chi connectivity index (χ2n) is 2.94. The number of piperidine rings is 1. The van der Waals surface area contributed by atoms with Crippen LogP contribution in [0.3, 0.4) is 0 Å². The number of H-pyrrole nitrogens is 1. The monoisotopic (exact) mass is 152 g/mol. The Hall–Kier alpha value is -0.900. The van der Waals surface area contributed by atoms with E-state index in [1.54, 1.807) is 0 Å². The molecular weight excluding hydrogens is 140 g/mol. The molecule has 1 aromatic rings. The van der Waals surface area contributed by atoms with Crippen LogP contribution in [0.1, 0.15) is 24.5 Å². The zero-order valence-electron chi connectivity index (χ0n) is 6.38. The van der Waals surface area contributed by atoms with Crippen LogP contribution in [0.4, 0.5) is 0 Å². The van der Waals surface area contributed by atoms with Gasteiger partial charge in [-0.3, -0.25) is 0 Å². The van der Waals surface area contributed by atoms with Crippen LogP contribution < -0.4 is 5.32 Å². The van der Waals surface area contributed by atoms with Gasteiger partial charge in [0.1, 0.15) is 0 Å². The molecule has 60 valence electrons. The SMILES string of the molecule is c1n[nH]nc1C1CCCNC1. The van der Waals surface area contributed by atoms with E-state index >= 15 is 0 Å². The normalized spacial score (nSPS) is 25.3. The Labute approximate surface area is 65.4 Å². The number of hydrogen-bond acceptors (Lipinski definition) is 3. The van der Waals surface area contributed by atoms with Crippen molar-refractivity contribution in [3.05, 3.63) is 11.9 Å². The standard InChI is InChI=1S/C7H12N4/c1-2-6(4-8-3-1)7-5-9-11-10-7/h5-6,8H,1-4H2,(H,9,10,11). The highest BCUT2D eigenvalue weighted by atomic mass is 15.3. The number of aromatic nitrogens is 3. The van der Waals surface area contributed by atoms with Crippen molar-refractivity contribution in [2.24, 2.45) is 0 Å². The summed E-state index contributed by atoms with van der Waals surface area (Å²) in [6.07, 6.45) is 4.30. The molecule has 4 heteroatoms. The Morgan fingerprint density at radius 2 is 2.55 bits per heavy atom. The molecule has 2 rings (SSSR count). The quantitative estimate of drug-likeness (QED) is 0.607. The van der Waals surface area contributed by atoms with Gasteiger partial charge in [-0.05, 0) is 19.4 Å². The minimum atomic E-state index is 0.572. The van der Waals surface area contributed by atoms with Crippen LogP contribution in [0.5, 0.6) is 0 Å². The molecule has 0 saturated carbocycles. The second kappa shape index (κ2) is 3.00. The lowest BCUT2D eigenvalue weighted by Gasteiger charge is -2.20. The fourth-order valence-corrected chi connectivity index (χ4v) is 1.51. The number of nitrogens with one attached hydrogen (secondary N) is 2. The summed E-state index contributed by atoms with van der Waals surface area (Å²) in [7, 11) is 0. The van der Waals surface area contributed by atoms with E-state index in [0.29, 0.717) is 5.92 Å². The van der Waals surface area contributed by atoms with Gasteiger partial charge in [0.25, 0.3) is 0 Å². The lowest BCUT2D eigenvalue weighted by Crippen LogP contribution is -2.28. The van der Waals surface area contributed by atoms with E-state index in [0.717, 1.165) is 18.8 Å². The van der Waals surface area contributed by atoms with E-state index < -0.39 is 0 Å². The number of aromatic amines is 1. The second-order valence-corrected chi connectivity index (χ2v) is 2.94. The van der Waals surface area contributed by atoms with Crippen molar-refractivity contribution in [1.82, 2.24) is 20.7 Å². The van der Waals surface area contributed by atoms with Crippen molar-refractivity contribution in [3.8, 4) is 0 Å². The van der Waals surface area contributed by atoms with E-state index in [4.69, 9.17) is 0 Å². The zero-order chi connectivity index (χ0) is 7.52. The molecule has 0 aromatic carbocycles. The molecule has 0 bridgehead atoms. The van der Waals surface area contributed by atoms with Crippen LogP contribution >= 0.6 is 0 Å². The molecule has 1 saturated heterocycles. The molecule has 1 aliphatic heterocycles. The van der Waals surface area contributed by atoms with Crippen molar-refractivity contribution in [2.45, 2.75) is 18.8 Å². The average Bonchev–Trinajstić information content (AvgIpc) is 2.58. The van der Waals surface area contributed by atoms with Crippen LogP contribution in [0.15, 0.2) is 6.20 Å². The summed E-state index contributed by atoms with van der Waals surface area (Å²) in [6.45, 7) is 2.20. The topological polar surface area (TPSA) is 53.6 Å². The predicted octanol–water partition coefficient (Wildman–Crippen LogP) is 0.272. The molecule has 2 N–H and O–H groups in total. The first kappa shape index (κ1) is 6.79. The fraction of sp³-hybridized carbons (Fsp3) is 0.714. The Balaban J connectivity index is 2.04. The van der Waals surface area contributed by atoms with Crippen molar-refractivity contribution >= 4 is 0 Å². The first-order valence-corrected chi connectivity index (χ1v) is 4.03. The molecule has 0 spiro atoms. The summed E-state index contributed by atoms with van der Waals surface area (Å²) in [5.74, 6) is 0.572. The van der Waals surface area contributed by atoms with Crippen molar-refractivity contribution in [3.63, 3.8) is 0 Å². The Morgan fingerprint density at radius 3 is 3.18 bits per heavy atom. The number of hydrogen-bond donors (Lipinski definition) is 2. The number of nitrogens with zero attached hydrogens (tertiary/aromatic N) is 2. The molecule has 1 aliphatic rings. The lowest BCUT2D eigenvalue weighted by molar-refractivity contribution is 0.454. The Kier molecular flexibility index (Phi) is 1.85. The molecule has 0 radical (unpaired) electrons. The van der Waals surface area contributed by atoms with E-state index in [9.17, 15) is 0 Å². The lowest BCUT2D eigenvalue weighted by atomic mass is 9.97. The highest BCUT2D eigenvalue weighted by Gasteiger charge is 2.16. The smallest absolute Gasteiger partial charge is 0.0868 e. The van der Waals surface area contributed by atoms with E-state index in [-0.39, 0.29) is 0 Å². The molecule has 11 heavy (non-hydrogen) atoms. The van der Waals surface area contributed by atoms with Gasteiger partial charge in [0.15, 0.2) is 0 Å². The van der Waals surface area contributed by atoms with Crippen LogP contribution in [0.2, 0.25) is 0 Å².